The first-order chi connectivity index (χ1) is 11.6. The minimum atomic E-state index is 0.144. The van der Waals surface area contributed by atoms with Crippen LogP contribution < -0.4 is 0 Å². The van der Waals surface area contributed by atoms with Crippen LogP contribution in [0.4, 0.5) is 0 Å². The fourth-order valence-electron chi connectivity index (χ4n) is 3.21. The molecule has 2 heterocycles. The Labute approximate surface area is 146 Å². The van der Waals surface area contributed by atoms with Gasteiger partial charge in [-0.25, -0.2) is 0 Å². The second kappa shape index (κ2) is 7.85. The van der Waals surface area contributed by atoms with E-state index >= 15 is 0 Å². The molecule has 1 saturated heterocycles. The van der Waals surface area contributed by atoms with Crippen LogP contribution in [0.1, 0.15) is 52.8 Å². The summed E-state index contributed by atoms with van der Waals surface area (Å²) < 4.78 is 8.02. The van der Waals surface area contributed by atoms with E-state index in [0.717, 1.165) is 13.2 Å². The Bertz CT molecular complexity index is 730. The fourth-order valence-corrected chi connectivity index (χ4v) is 3.21. The smallest absolute Gasteiger partial charge is 0.0877 e. The van der Waals surface area contributed by atoms with Gasteiger partial charge in [0, 0.05) is 34.1 Å². The summed E-state index contributed by atoms with van der Waals surface area (Å²) in [5, 5.41) is 1.32. The molecule has 0 radical (unpaired) electrons. The lowest BCUT2D eigenvalue weighted by atomic mass is 9.89. The van der Waals surface area contributed by atoms with Crippen molar-refractivity contribution in [3.8, 4) is 0 Å². The number of para-hydroxylation sites is 1. The van der Waals surface area contributed by atoms with Crippen LogP contribution in [0.2, 0.25) is 0 Å². The Balaban J connectivity index is 0.00000100. The zero-order valence-corrected chi connectivity index (χ0v) is 16.0. The molecule has 0 bridgehead atoms. The number of epoxide rings is 1. The van der Waals surface area contributed by atoms with Crippen LogP contribution in [0.25, 0.3) is 23.1 Å². The Morgan fingerprint density at radius 2 is 1.75 bits per heavy atom. The molecule has 1 aliphatic rings. The van der Waals surface area contributed by atoms with E-state index in [1.54, 1.807) is 0 Å². The molecule has 1 aliphatic heterocycles. The van der Waals surface area contributed by atoms with Gasteiger partial charge in [0.15, 0.2) is 0 Å². The monoisotopic (exact) mass is 325 g/mol. The van der Waals surface area contributed by atoms with Crippen molar-refractivity contribution >= 4 is 23.1 Å². The Hall–Kier alpha value is -1.80. The Kier molecular flexibility index (Phi) is 6.06. The van der Waals surface area contributed by atoms with E-state index in [4.69, 9.17) is 4.74 Å². The highest BCUT2D eigenvalue weighted by molar-refractivity contribution is 5.94. The third-order valence-corrected chi connectivity index (χ3v) is 4.48. The number of fused-ring (bicyclic) bond motifs is 1. The van der Waals surface area contributed by atoms with Gasteiger partial charge in [0.05, 0.1) is 12.7 Å². The van der Waals surface area contributed by atoms with Crippen LogP contribution in [0.3, 0.4) is 0 Å². The Morgan fingerprint density at radius 3 is 2.33 bits per heavy atom. The minimum absolute atomic E-state index is 0.144. The van der Waals surface area contributed by atoms with Crippen molar-refractivity contribution in [1.82, 2.24) is 4.57 Å². The van der Waals surface area contributed by atoms with Gasteiger partial charge >= 0.3 is 0 Å². The molecule has 3 rings (SSSR count). The fraction of sp³-hybridized carbons (Fsp3) is 0.455. The van der Waals surface area contributed by atoms with Crippen LogP contribution in [-0.2, 0) is 11.3 Å². The lowest BCUT2D eigenvalue weighted by Crippen LogP contribution is -2.26. The predicted molar refractivity (Wildman–Crippen MR) is 106 cm³/mol. The molecular formula is C22H31NO. The van der Waals surface area contributed by atoms with Gasteiger partial charge in [-0.3, -0.25) is 0 Å². The summed E-state index contributed by atoms with van der Waals surface area (Å²) in [6.45, 7) is 14.6. The van der Waals surface area contributed by atoms with Gasteiger partial charge < -0.3 is 9.30 Å². The lowest BCUT2D eigenvalue weighted by Gasteiger charge is -2.24. The molecule has 2 heteroatoms. The first-order valence-corrected chi connectivity index (χ1v) is 9.06. The normalized spacial score (nSPS) is 17.5. The SMILES string of the molecule is C/C=C\c1c(/C=C\C)n(CC(C)(C)C2CO2)c2ccccc12.CC. The van der Waals surface area contributed by atoms with E-state index in [-0.39, 0.29) is 5.41 Å². The number of benzene rings is 1. The lowest BCUT2D eigenvalue weighted by molar-refractivity contribution is 0.214. The molecule has 0 amide bonds. The number of hydrogen-bond donors (Lipinski definition) is 0. The van der Waals surface area contributed by atoms with Crippen molar-refractivity contribution < 1.29 is 4.74 Å². The highest BCUT2D eigenvalue weighted by Gasteiger charge is 2.40. The molecule has 130 valence electrons. The summed E-state index contributed by atoms with van der Waals surface area (Å²) >= 11 is 0. The molecule has 1 aromatic carbocycles. The van der Waals surface area contributed by atoms with Crippen LogP contribution in [-0.4, -0.2) is 17.3 Å². The average Bonchev–Trinajstić information content (AvgIpc) is 3.41. The highest BCUT2D eigenvalue weighted by atomic mass is 16.6. The number of allylic oxidation sites excluding steroid dienone is 2. The van der Waals surface area contributed by atoms with E-state index in [0.29, 0.717) is 6.10 Å². The Morgan fingerprint density at radius 1 is 1.12 bits per heavy atom. The third kappa shape index (κ3) is 3.64. The van der Waals surface area contributed by atoms with Gasteiger partial charge in [0.2, 0.25) is 0 Å². The van der Waals surface area contributed by atoms with Gasteiger partial charge in [-0.2, -0.15) is 0 Å². The van der Waals surface area contributed by atoms with Crippen molar-refractivity contribution in [2.45, 2.75) is 54.2 Å². The maximum absolute atomic E-state index is 5.57. The minimum Gasteiger partial charge on any atom is -0.372 e. The van der Waals surface area contributed by atoms with Crippen molar-refractivity contribution in [3.05, 3.63) is 47.7 Å². The zero-order valence-electron chi connectivity index (χ0n) is 16.0. The first-order valence-electron chi connectivity index (χ1n) is 9.06. The first kappa shape index (κ1) is 18.5. The molecule has 0 aliphatic carbocycles. The van der Waals surface area contributed by atoms with Crippen molar-refractivity contribution in [3.63, 3.8) is 0 Å². The number of nitrogens with zero attached hydrogens (tertiary/aromatic N) is 1. The van der Waals surface area contributed by atoms with E-state index in [1.807, 2.05) is 13.8 Å². The summed E-state index contributed by atoms with van der Waals surface area (Å²) in [5.41, 5.74) is 4.04. The average molecular weight is 325 g/mol. The maximum atomic E-state index is 5.57. The van der Waals surface area contributed by atoms with Gasteiger partial charge in [-0.15, -0.1) is 0 Å². The summed E-state index contributed by atoms with van der Waals surface area (Å²) in [6, 6.07) is 8.68. The van der Waals surface area contributed by atoms with Crippen LogP contribution in [0.5, 0.6) is 0 Å². The number of hydrogen-bond acceptors (Lipinski definition) is 1. The van der Waals surface area contributed by atoms with E-state index < -0.39 is 0 Å². The highest BCUT2D eigenvalue weighted by Crippen LogP contribution is 2.37. The molecule has 2 aromatic rings. The van der Waals surface area contributed by atoms with Crippen LogP contribution in [0.15, 0.2) is 36.4 Å². The van der Waals surface area contributed by atoms with Crippen LogP contribution >= 0.6 is 0 Å². The second-order valence-electron chi connectivity index (χ2n) is 6.71. The van der Waals surface area contributed by atoms with Gasteiger partial charge in [-0.05, 0) is 26.0 Å². The van der Waals surface area contributed by atoms with Crippen LogP contribution in [0, 0.1) is 5.41 Å². The van der Waals surface area contributed by atoms with Crippen molar-refractivity contribution in [2.24, 2.45) is 5.41 Å². The quantitative estimate of drug-likeness (QED) is 0.602. The molecule has 1 aromatic heterocycles. The molecule has 1 unspecified atom stereocenters. The van der Waals surface area contributed by atoms with Crippen molar-refractivity contribution in [2.75, 3.05) is 6.61 Å². The molecule has 1 atom stereocenters. The topological polar surface area (TPSA) is 17.5 Å². The summed E-state index contributed by atoms with van der Waals surface area (Å²) in [6.07, 6.45) is 9.07. The predicted octanol–water partition coefficient (Wildman–Crippen LogP) is 6.16. The standard InChI is InChI=1S/C20H25NO.C2H6/c1-5-9-15-16-11-7-8-12-18(16)21(17(15)10-6-2)14-20(3,4)19-13-22-19;1-2/h5-12,19H,13-14H2,1-4H3;1-2H3/b9-5-,10-6-;. The maximum Gasteiger partial charge on any atom is 0.0877 e. The van der Waals surface area contributed by atoms with E-state index in [1.165, 1.54) is 22.2 Å². The molecular weight excluding hydrogens is 294 g/mol. The zero-order chi connectivity index (χ0) is 17.7. The molecule has 0 spiro atoms. The van der Waals surface area contributed by atoms with Gasteiger partial charge in [0.1, 0.15) is 0 Å². The van der Waals surface area contributed by atoms with Crippen molar-refractivity contribution in [1.29, 1.82) is 0 Å². The molecule has 0 saturated carbocycles. The second-order valence-corrected chi connectivity index (χ2v) is 6.71. The molecule has 2 nitrogen and oxygen atoms in total. The molecule has 24 heavy (non-hydrogen) atoms. The summed E-state index contributed by atoms with van der Waals surface area (Å²) in [5.74, 6) is 0. The van der Waals surface area contributed by atoms with Gasteiger partial charge in [-0.1, -0.05) is 64.1 Å². The van der Waals surface area contributed by atoms with E-state index in [9.17, 15) is 0 Å². The third-order valence-electron chi connectivity index (χ3n) is 4.48. The summed E-state index contributed by atoms with van der Waals surface area (Å²) in [4.78, 5) is 0. The molecule has 0 N–H and O–H groups in total. The van der Waals surface area contributed by atoms with Gasteiger partial charge in [0.25, 0.3) is 0 Å². The van der Waals surface area contributed by atoms with E-state index in [2.05, 4.69) is 80.8 Å². The number of rotatable bonds is 5. The number of aromatic nitrogens is 1. The number of ether oxygens (including phenoxy) is 1. The molecule has 1 fully saturated rings. The largest absolute Gasteiger partial charge is 0.372 e. The summed E-state index contributed by atoms with van der Waals surface area (Å²) in [7, 11) is 0.